The fourth-order valence-corrected chi connectivity index (χ4v) is 2.50. The lowest BCUT2D eigenvalue weighted by atomic mass is 10.2. The summed E-state index contributed by atoms with van der Waals surface area (Å²) in [6.45, 7) is 4.47. The molecule has 0 spiro atoms. The van der Waals surface area contributed by atoms with Crippen molar-refractivity contribution in [1.29, 1.82) is 0 Å². The van der Waals surface area contributed by atoms with Crippen LogP contribution >= 0.6 is 11.8 Å². The highest BCUT2D eigenvalue weighted by molar-refractivity contribution is 7.99. The molecule has 7 nitrogen and oxygen atoms in total. The van der Waals surface area contributed by atoms with Gasteiger partial charge in [0.1, 0.15) is 6.33 Å². The highest BCUT2D eigenvalue weighted by Gasteiger charge is 2.14. The van der Waals surface area contributed by atoms with Crippen LogP contribution in [0.5, 0.6) is 0 Å². The summed E-state index contributed by atoms with van der Waals surface area (Å²) in [6, 6.07) is 0.0901. The number of aliphatic hydroxyl groups excluding tert-OH is 1. The molecule has 0 bridgehead atoms. The molecule has 0 saturated heterocycles. The van der Waals surface area contributed by atoms with Crippen molar-refractivity contribution < 1.29 is 14.6 Å². The molecular formula is C12H22N4O3S. The standard InChI is InChI=1S/C12H22N4O3S/c1-9(2)16-8-13-15-12(16)20-7-11(18)14-10(4-5-17)6-19-3/h8-10,17H,4-7H2,1-3H3,(H,14,18). The lowest BCUT2D eigenvalue weighted by Gasteiger charge is -2.16. The van der Waals surface area contributed by atoms with E-state index in [-0.39, 0.29) is 30.4 Å². The molecule has 1 atom stereocenters. The monoisotopic (exact) mass is 302 g/mol. The molecule has 1 heterocycles. The van der Waals surface area contributed by atoms with Gasteiger partial charge < -0.3 is 19.7 Å². The van der Waals surface area contributed by atoms with Crippen molar-refractivity contribution >= 4 is 17.7 Å². The van der Waals surface area contributed by atoms with Crippen molar-refractivity contribution in [2.24, 2.45) is 0 Å². The molecule has 0 aromatic carbocycles. The van der Waals surface area contributed by atoms with Crippen LogP contribution in [0.2, 0.25) is 0 Å². The number of amides is 1. The lowest BCUT2D eigenvalue weighted by Crippen LogP contribution is -2.39. The second kappa shape index (κ2) is 8.93. The molecule has 0 aliphatic carbocycles. The van der Waals surface area contributed by atoms with Gasteiger partial charge in [-0.2, -0.15) is 0 Å². The Labute approximate surface area is 123 Å². The van der Waals surface area contributed by atoms with Gasteiger partial charge in [0, 0.05) is 19.8 Å². The molecule has 1 aromatic heterocycles. The Morgan fingerprint density at radius 3 is 2.95 bits per heavy atom. The predicted octanol–water partition coefficient (Wildman–Crippen LogP) is 0.465. The number of nitrogens with one attached hydrogen (secondary N) is 1. The van der Waals surface area contributed by atoms with E-state index in [0.29, 0.717) is 13.0 Å². The lowest BCUT2D eigenvalue weighted by molar-refractivity contribution is -0.119. The van der Waals surface area contributed by atoms with Gasteiger partial charge in [0.25, 0.3) is 0 Å². The SMILES string of the molecule is COCC(CCO)NC(=O)CSc1nncn1C(C)C. The molecule has 114 valence electrons. The third-order valence-corrected chi connectivity index (χ3v) is 3.60. The van der Waals surface area contributed by atoms with Crippen LogP contribution in [0.25, 0.3) is 0 Å². The van der Waals surface area contributed by atoms with Crippen LogP contribution in [-0.4, -0.2) is 57.9 Å². The number of carbonyl (C=O) groups excluding carboxylic acids is 1. The zero-order valence-electron chi connectivity index (χ0n) is 12.1. The van der Waals surface area contributed by atoms with E-state index in [1.807, 2.05) is 18.4 Å². The van der Waals surface area contributed by atoms with Crippen molar-refractivity contribution in [2.45, 2.75) is 37.5 Å². The van der Waals surface area contributed by atoms with E-state index >= 15 is 0 Å². The molecule has 0 aliphatic heterocycles. The minimum atomic E-state index is -0.166. The van der Waals surface area contributed by atoms with Crippen LogP contribution in [-0.2, 0) is 9.53 Å². The number of ether oxygens (including phenoxy) is 1. The van der Waals surface area contributed by atoms with E-state index < -0.39 is 0 Å². The molecule has 0 saturated carbocycles. The first-order chi connectivity index (χ1) is 9.58. The minimum absolute atomic E-state index is 0.0170. The molecule has 0 radical (unpaired) electrons. The summed E-state index contributed by atoms with van der Waals surface area (Å²) in [6.07, 6.45) is 2.14. The topological polar surface area (TPSA) is 89.3 Å². The number of thioether (sulfide) groups is 1. The largest absolute Gasteiger partial charge is 0.396 e. The number of nitrogens with zero attached hydrogens (tertiary/aromatic N) is 3. The number of aromatic nitrogens is 3. The Kier molecular flexibility index (Phi) is 7.56. The maximum absolute atomic E-state index is 11.9. The third kappa shape index (κ3) is 5.48. The molecule has 8 heteroatoms. The summed E-state index contributed by atoms with van der Waals surface area (Å²) in [5.74, 6) is 0.153. The number of hydrogen-bond donors (Lipinski definition) is 2. The average Bonchev–Trinajstić information content (AvgIpc) is 2.85. The fraction of sp³-hybridized carbons (Fsp3) is 0.750. The maximum atomic E-state index is 11.9. The van der Waals surface area contributed by atoms with Crippen LogP contribution in [0.15, 0.2) is 11.5 Å². The molecule has 0 fully saturated rings. The maximum Gasteiger partial charge on any atom is 0.230 e. The summed E-state index contributed by atoms with van der Waals surface area (Å²) in [4.78, 5) is 11.9. The smallest absolute Gasteiger partial charge is 0.230 e. The van der Waals surface area contributed by atoms with Crippen molar-refractivity contribution in [1.82, 2.24) is 20.1 Å². The first kappa shape index (κ1) is 16.9. The Hall–Kier alpha value is -1.12. The Balaban J connectivity index is 2.44. The van der Waals surface area contributed by atoms with Crippen LogP contribution in [0, 0.1) is 0 Å². The number of rotatable bonds is 9. The number of aliphatic hydroxyl groups is 1. The van der Waals surface area contributed by atoms with Gasteiger partial charge in [-0.15, -0.1) is 10.2 Å². The molecule has 20 heavy (non-hydrogen) atoms. The van der Waals surface area contributed by atoms with Gasteiger partial charge in [0.2, 0.25) is 5.91 Å². The first-order valence-electron chi connectivity index (χ1n) is 6.50. The highest BCUT2D eigenvalue weighted by atomic mass is 32.2. The van der Waals surface area contributed by atoms with Gasteiger partial charge in [0.05, 0.1) is 18.4 Å². The number of hydrogen-bond acceptors (Lipinski definition) is 6. The van der Waals surface area contributed by atoms with Crippen LogP contribution < -0.4 is 5.32 Å². The van der Waals surface area contributed by atoms with Gasteiger partial charge >= 0.3 is 0 Å². The van der Waals surface area contributed by atoms with Crippen molar-refractivity contribution in [2.75, 3.05) is 26.1 Å². The van der Waals surface area contributed by atoms with Crippen molar-refractivity contribution in [3.8, 4) is 0 Å². The summed E-state index contributed by atoms with van der Waals surface area (Å²) in [7, 11) is 1.57. The van der Waals surface area contributed by atoms with E-state index in [2.05, 4.69) is 15.5 Å². The second-order valence-corrected chi connectivity index (χ2v) is 5.58. The third-order valence-electron chi connectivity index (χ3n) is 2.64. The predicted molar refractivity (Wildman–Crippen MR) is 76.6 cm³/mol. The van der Waals surface area contributed by atoms with E-state index in [4.69, 9.17) is 9.84 Å². The second-order valence-electron chi connectivity index (χ2n) is 4.64. The minimum Gasteiger partial charge on any atom is -0.396 e. The molecule has 1 amide bonds. The van der Waals surface area contributed by atoms with Crippen LogP contribution in [0.4, 0.5) is 0 Å². The van der Waals surface area contributed by atoms with E-state index in [1.165, 1.54) is 11.8 Å². The Morgan fingerprint density at radius 2 is 2.35 bits per heavy atom. The summed E-state index contributed by atoms with van der Waals surface area (Å²) >= 11 is 1.34. The van der Waals surface area contributed by atoms with Crippen LogP contribution in [0.1, 0.15) is 26.3 Å². The zero-order valence-corrected chi connectivity index (χ0v) is 12.9. The normalized spacial score (nSPS) is 12.7. The van der Waals surface area contributed by atoms with Crippen molar-refractivity contribution in [3.63, 3.8) is 0 Å². The molecule has 2 N–H and O–H groups in total. The van der Waals surface area contributed by atoms with Gasteiger partial charge in [-0.25, -0.2) is 0 Å². The van der Waals surface area contributed by atoms with Gasteiger partial charge in [-0.05, 0) is 20.3 Å². The van der Waals surface area contributed by atoms with Gasteiger partial charge in [-0.3, -0.25) is 4.79 Å². The van der Waals surface area contributed by atoms with Crippen molar-refractivity contribution in [3.05, 3.63) is 6.33 Å². The van der Waals surface area contributed by atoms with E-state index in [1.54, 1.807) is 13.4 Å². The first-order valence-corrected chi connectivity index (χ1v) is 7.48. The molecule has 1 unspecified atom stereocenters. The van der Waals surface area contributed by atoms with Crippen LogP contribution in [0.3, 0.4) is 0 Å². The summed E-state index contributed by atoms with van der Waals surface area (Å²) in [5.41, 5.74) is 0. The molecule has 1 aromatic rings. The highest BCUT2D eigenvalue weighted by Crippen LogP contribution is 2.18. The molecule has 1 rings (SSSR count). The summed E-state index contributed by atoms with van der Waals surface area (Å²) < 4.78 is 6.91. The zero-order chi connectivity index (χ0) is 15.0. The molecular weight excluding hydrogens is 280 g/mol. The number of carbonyl (C=O) groups is 1. The Morgan fingerprint density at radius 1 is 1.60 bits per heavy atom. The van der Waals surface area contributed by atoms with Gasteiger partial charge in [-0.1, -0.05) is 11.8 Å². The Bertz CT molecular complexity index is 405. The van der Waals surface area contributed by atoms with E-state index in [0.717, 1.165) is 5.16 Å². The summed E-state index contributed by atoms with van der Waals surface area (Å²) in [5, 5.41) is 20.3. The molecule has 0 aliphatic rings. The van der Waals surface area contributed by atoms with E-state index in [9.17, 15) is 4.79 Å². The van der Waals surface area contributed by atoms with Gasteiger partial charge in [0.15, 0.2) is 5.16 Å². The quantitative estimate of drug-likeness (QED) is 0.644. The fourth-order valence-electron chi connectivity index (χ4n) is 1.64. The average molecular weight is 302 g/mol. The number of methoxy groups -OCH3 is 1.